The van der Waals surface area contributed by atoms with Gasteiger partial charge in [-0.2, -0.15) is 0 Å². The standard InChI is InChI=1S/C23H33Cl2NO3/c1-2-3-4-5-6-7-8-9-10-11-15-26-21-18(13-14-19(24)20(21)25)23(22(26)27)28-16-12-17-29-23/h13-14H,2-12,15-17H2,1H3. The normalized spacial score (nSPS) is 17.9. The summed E-state index contributed by atoms with van der Waals surface area (Å²) >= 11 is 12.7. The van der Waals surface area contributed by atoms with Crippen molar-refractivity contribution < 1.29 is 14.3 Å². The molecule has 6 heteroatoms. The van der Waals surface area contributed by atoms with E-state index in [0.717, 1.165) is 19.3 Å². The Hall–Kier alpha value is -0.810. The Labute approximate surface area is 184 Å². The van der Waals surface area contributed by atoms with Gasteiger partial charge in [0.25, 0.3) is 11.7 Å². The van der Waals surface area contributed by atoms with Gasteiger partial charge in [0.15, 0.2) is 0 Å². The minimum Gasteiger partial charge on any atom is -0.338 e. The van der Waals surface area contributed by atoms with Crippen LogP contribution in [-0.4, -0.2) is 25.7 Å². The van der Waals surface area contributed by atoms with Crippen LogP contribution < -0.4 is 4.90 Å². The topological polar surface area (TPSA) is 38.8 Å². The van der Waals surface area contributed by atoms with Gasteiger partial charge in [-0.1, -0.05) is 87.9 Å². The monoisotopic (exact) mass is 441 g/mol. The first kappa shape index (κ1) is 22.9. The van der Waals surface area contributed by atoms with Gasteiger partial charge in [0.2, 0.25) is 0 Å². The number of hydrogen-bond acceptors (Lipinski definition) is 3. The Morgan fingerprint density at radius 2 is 1.52 bits per heavy atom. The molecule has 1 saturated heterocycles. The second-order valence-electron chi connectivity index (χ2n) is 8.06. The zero-order valence-corrected chi connectivity index (χ0v) is 19.0. The molecule has 1 fully saturated rings. The number of fused-ring (bicyclic) bond motifs is 2. The Bertz CT molecular complexity index is 689. The van der Waals surface area contributed by atoms with E-state index >= 15 is 0 Å². The van der Waals surface area contributed by atoms with E-state index in [4.69, 9.17) is 32.7 Å². The Morgan fingerprint density at radius 3 is 2.14 bits per heavy atom. The molecule has 162 valence electrons. The molecule has 2 heterocycles. The molecule has 0 N–H and O–H groups in total. The second-order valence-corrected chi connectivity index (χ2v) is 8.85. The lowest BCUT2D eigenvalue weighted by atomic mass is 10.1. The first-order valence-electron chi connectivity index (χ1n) is 11.2. The molecule has 0 aromatic heterocycles. The molecule has 3 rings (SSSR count). The van der Waals surface area contributed by atoms with Crippen molar-refractivity contribution in [3.05, 3.63) is 27.7 Å². The van der Waals surface area contributed by atoms with Crippen LogP contribution in [0.2, 0.25) is 10.0 Å². The van der Waals surface area contributed by atoms with E-state index in [0.29, 0.717) is 41.1 Å². The van der Waals surface area contributed by atoms with Crippen LogP contribution in [0.4, 0.5) is 5.69 Å². The Kier molecular flexibility index (Phi) is 8.67. The van der Waals surface area contributed by atoms with Crippen LogP contribution in [0.3, 0.4) is 0 Å². The average Bonchev–Trinajstić information content (AvgIpc) is 2.95. The van der Waals surface area contributed by atoms with E-state index < -0.39 is 5.79 Å². The number of benzene rings is 1. The number of hydrogen-bond donors (Lipinski definition) is 0. The molecule has 2 aliphatic rings. The minimum atomic E-state index is -1.35. The lowest BCUT2D eigenvalue weighted by Crippen LogP contribution is -2.47. The highest BCUT2D eigenvalue weighted by atomic mass is 35.5. The second kappa shape index (κ2) is 11.0. The molecule has 1 aromatic rings. The molecule has 1 spiro atoms. The molecule has 0 bridgehead atoms. The highest BCUT2D eigenvalue weighted by Gasteiger charge is 2.55. The van der Waals surface area contributed by atoms with Gasteiger partial charge >= 0.3 is 0 Å². The molecule has 0 aliphatic carbocycles. The van der Waals surface area contributed by atoms with Crippen molar-refractivity contribution >= 4 is 34.8 Å². The van der Waals surface area contributed by atoms with E-state index in [2.05, 4.69) is 6.92 Å². The maximum absolute atomic E-state index is 13.3. The molecule has 4 nitrogen and oxygen atoms in total. The number of amides is 1. The molecule has 0 saturated carbocycles. The van der Waals surface area contributed by atoms with Crippen LogP contribution in [0.1, 0.15) is 83.1 Å². The summed E-state index contributed by atoms with van der Waals surface area (Å²) in [7, 11) is 0. The lowest BCUT2D eigenvalue weighted by Gasteiger charge is -2.32. The zero-order chi connectivity index (χ0) is 20.7. The number of carbonyl (C=O) groups excluding carboxylic acids is 1. The molecular weight excluding hydrogens is 409 g/mol. The molecule has 0 unspecified atom stereocenters. The highest BCUT2D eigenvalue weighted by Crippen LogP contribution is 2.50. The summed E-state index contributed by atoms with van der Waals surface area (Å²) in [4.78, 5) is 15.0. The molecule has 0 atom stereocenters. The van der Waals surface area contributed by atoms with Crippen molar-refractivity contribution in [2.45, 2.75) is 83.3 Å². The number of unbranched alkanes of at least 4 members (excludes halogenated alkanes) is 9. The fraction of sp³-hybridized carbons (Fsp3) is 0.696. The minimum absolute atomic E-state index is 0.174. The van der Waals surface area contributed by atoms with Gasteiger partial charge in [0.1, 0.15) is 0 Å². The van der Waals surface area contributed by atoms with E-state index in [1.807, 2.05) is 6.07 Å². The summed E-state index contributed by atoms with van der Waals surface area (Å²) in [5, 5.41) is 0.846. The first-order valence-corrected chi connectivity index (χ1v) is 12.0. The van der Waals surface area contributed by atoms with Gasteiger partial charge < -0.3 is 14.4 Å². The largest absolute Gasteiger partial charge is 0.338 e. The smallest absolute Gasteiger partial charge is 0.292 e. The molecule has 1 aromatic carbocycles. The van der Waals surface area contributed by atoms with Crippen molar-refractivity contribution in [3.8, 4) is 0 Å². The van der Waals surface area contributed by atoms with Crippen molar-refractivity contribution in [2.75, 3.05) is 24.7 Å². The molecule has 1 amide bonds. The molecular formula is C23H33Cl2NO3. The molecule has 2 aliphatic heterocycles. The maximum Gasteiger partial charge on any atom is 0.292 e. The van der Waals surface area contributed by atoms with Gasteiger partial charge in [-0.25, -0.2) is 0 Å². The van der Waals surface area contributed by atoms with Gasteiger partial charge in [-0.15, -0.1) is 0 Å². The van der Waals surface area contributed by atoms with E-state index in [9.17, 15) is 4.79 Å². The SMILES string of the molecule is CCCCCCCCCCCCN1C(=O)C2(OCCCO2)c2ccc(Cl)c(Cl)c21. The van der Waals surface area contributed by atoms with Gasteiger partial charge in [-0.3, -0.25) is 4.79 Å². The third-order valence-corrected chi connectivity index (χ3v) is 6.65. The highest BCUT2D eigenvalue weighted by molar-refractivity contribution is 6.44. The third-order valence-electron chi connectivity index (χ3n) is 5.85. The third kappa shape index (κ3) is 5.10. The van der Waals surface area contributed by atoms with Crippen molar-refractivity contribution in [1.82, 2.24) is 0 Å². The summed E-state index contributed by atoms with van der Waals surface area (Å²) in [5.41, 5.74) is 1.34. The summed E-state index contributed by atoms with van der Waals surface area (Å²) in [6.45, 7) is 3.85. The summed E-state index contributed by atoms with van der Waals surface area (Å²) in [5.74, 6) is -1.52. The van der Waals surface area contributed by atoms with Crippen molar-refractivity contribution in [1.29, 1.82) is 0 Å². The summed E-state index contributed by atoms with van der Waals surface area (Å²) in [6, 6.07) is 3.52. The van der Waals surface area contributed by atoms with Crippen molar-refractivity contribution in [2.24, 2.45) is 0 Å². The predicted octanol–water partition coefficient (Wildman–Crippen LogP) is 6.85. The predicted molar refractivity (Wildman–Crippen MR) is 119 cm³/mol. The number of rotatable bonds is 11. The fourth-order valence-corrected chi connectivity index (χ4v) is 4.67. The fourth-order valence-electron chi connectivity index (χ4n) is 4.25. The Morgan fingerprint density at radius 1 is 0.931 bits per heavy atom. The van der Waals surface area contributed by atoms with Gasteiger partial charge in [-0.05, 0) is 25.0 Å². The van der Waals surface area contributed by atoms with Crippen LogP contribution in [0, 0.1) is 0 Å². The molecule has 0 radical (unpaired) electrons. The maximum atomic E-state index is 13.3. The number of ether oxygens (including phenoxy) is 2. The zero-order valence-electron chi connectivity index (χ0n) is 17.5. The van der Waals surface area contributed by atoms with E-state index in [-0.39, 0.29) is 5.91 Å². The van der Waals surface area contributed by atoms with Crippen LogP contribution in [0.15, 0.2) is 12.1 Å². The summed E-state index contributed by atoms with van der Waals surface area (Å²) in [6.07, 6.45) is 13.3. The first-order chi connectivity index (χ1) is 14.1. The number of carbonyl (C=O) groups is 1. The number of anilines is 1. The quantitative estimate of drug-likeness (QED) is 0.352. The average molecular weight is 442 g/mol. The van der Waals surface area contributed by atoms with Crippen LogP contribution in [0.25, 0.3) is 0 Å². The van der Waals surface area contributed by atoms with Crippen LogP contribution in [-0.2, 0) is 20.1 Å². The summed E-state index contributed by atoms with van der Waals surface area (Å²) < 4.78 is 11.7. The number of nitrogens with zero attached hydrogens (tertiary/aromatic N) is 1. The lowest BCUT2D eigenvalue weighted by molar-refractivity contribution is -0.256. The molecule has 29 heavy (non-hydrogen) atoms. The number of halogens is 2. The van der Waals surface area contributed by atoms with Gasteiger partial charge in [0, 0.05) is 12.1 Å². The van der Waals surface area contributed by atoms with Crippen LogP contribution in [0.5, 0.6) is 0 Å². The van der Waals surface area contributed by atoms with Crippen molar-refractivity contribution in [3.63, 3.8) is 0 Å². The van der Waals surface area contributed by atoms with E-state index in [1.165, 1.54) is 51.4 Å². The van der Waals surface area contributed by atoms with E-state index in [1.54, 1.807) is 11.0 Å². The van der Waals surface area contributed by atoms with Gasteiger partial charge in [0.05, 0.1) is 28.9 Å². The Balaban J connectivity index is 1.54. The van der Waals surface area contributed by atoms with Crippen LogP contribution >= 0.6 is 23.2 Å².